The molecule has 4 heterocycles. The minimum atomic E-state index is 0.205. The third-order valence-electron chi connectivity index (χ3n) is 5.56. The highest BCUT2D eigenvalue weighted by atomic mass is 32.1. The summed E-state index contributed by atoms with van der Waals surface area (Å²) >= 11 is 1.59. The van der Waals surface area contributed by atoms with Crippen LogP contribution in [0.25, 0.3) is 0 Å². The Morgan fingerprint density at radius 2 is 2.08 bits per heavy atom. The number of thiophene rings is 1. The highest BCUT2D eigenvalue weighted by Crippen LogP contribution is 2.41. The zero-order valence-electron chi connectivity index (χ0n) is 14.1. The van der Waals surface area contributed by atoms with Gasteiger partial charge >= 0.3 is 0 Å². The number of piperidine rings is 1. The molecule has 2 aromatic heterocycles. The van der Waals surface area contributed by atoms with Crippen molar-refractivity contribution in [3.8, 4) is 0 Å². The minimum absolute atomic E-state index is 0.205. The molecule has 24 heavy (non-hydrogen) atoms. The fourth-order valence-electron chi connectivity index (χ4n) is 4.14. The molecule has 128 valence electrons. The van der Waals surface area contributed by atoms with Crippen molar-refractivity contribution in [1.29, 1.82) is 0 Å². The van der Waals surface area contributed by atoms with Crippen molar-refractivity contribution in [2.45, 2.75) is 25.8 Å². The first-order valence-corrected chi connectivity index (χ1v) is 9.59. The van der Waals surface area contributed by atoms with Gasteiger partial charge in [0.25, 0.3) is 5.91 Å². The average Bonchev–Trinajstić information content (AvgIpc) is 3.31. The molecule has 0 aliphatic carbocycles. The molecule has 0 radical (unpaired) electrons. The number of rotatable bonds is 3. The molecule has 6 heteroatoms. The molecule has 2 aromatic rings. The summed E-state index contributed by atoms with van der Waals surface area (Å²) in [5, 5.41) is 8.20. The number of carbonyl (C=O) groups is 1. The fraction of sp³-hybridized carbons (Fsp3) is 0.556. The van der Waals surface area contributed by atoms with Gasteiger partial charge in [0.2, 0.25) is 0 Å². The van der Waals surface area contributed by atoms with Crippen LogP contribution in [0.3, 0.4) is 0 Å². The first-order chi connectivity index (χ1) is 11.6. The standard InChI is InChI=1S/C18H24N4OS/c1-20-11-15(10-19-20)12-21-6-3-18(14-21)4-7-22(8-5-18)17(23)16-2-9-24-13-16/h2,9-11,13H,3-8,12,14H2,1H3. The molecule has 2 aliphatic heterocycles. The van der Waals surface area contributed by atoms with Crippen LogP contribution in [0.1, 0.15) is 35.2 Å². The van der Waals surface area contributed by atoms with Gasteiger partial charge in [-0.2, -0.15) is 16.4 Å². The Morgan fingerprint density at radius 3 is 2.75 bits per heavy atom. The van der Waals surface area contributed by atoms with E-state index in [1.807, 2.05) is 39.7 Å². The summed E-state index contributed by atoms with van der Waals surface area (Å²) in [6, 6.07) is 1.93. The van der Waals surface area contributed by atoms with Crippen molar-refractivity contribution in [3.05, 3.63) is 40.3 Å². The number of carbonyl (C=O) groups excluding carboxylic acids is 1. The summed E-state index contributed by atoms with van der Waals surface area (Å²) in [6.45, 7) is 5.10. The van der Waals surface area contributed by atoms with E-state index in [0.29, 0.717) is 5.41 Å². The van der Waals surface area contributed by atoms with Gasteiger partial charge in [-0.1, -0.05) is 0 Å². The fourth-order valence-corrected chi connectivity index (χ4v) is 4.77. The van der Waals surface area contributed by atoms with E-state index in [1.165, 1.54) is 12.0 Å². The van der Waals surface area contributed by atoms with E-state index in [9.17, 15) is 4.79 Å². The number of likely N-dealkylation sites (tertiary alicyclic amines) is 2. The molecule has 2 fully saturated rings. The van der Waals surface area contributed by atoms with Gasteiger partial charge in [0, 0.05) is 50.4 Å². The van der Waals surface area contributed by atoms with Crippen LogP contribution in [0.5, 0.6) is 0 Å². The van der Waals surface area contributed by atoms with Crippen LogP contribution >= 0.6 is 11.3 Å². The van der Waals surface area contributed by atoms with Crippen LogP contribution in [0.2, 0.25) is 0 Å². The number of nitrogens with zero attached hydrogens (tertiary/aromatic N) is 4. The predicted octanol–water partition coefficient (Wildman–Crippen LogP) is 2.61. The summed E-state index contributed by atoms with van der Waals surface area (Å²) in [6.07, 6.45) is 7.59. The lowest BCUT2D eigenvalue weighted by molar-refractivity contribution is 0.0588. The molecular formula is C18H24N4OS. The SMILES string of the molecule is Cn1cc(CN2CCC3(CCN(C(=O)c4ccsc4)CC3)C2)cn1. The molecule has 0 aromatic carbocycles. The highest BCUT2D eigenvalue weighted by molar-refractivity contribution is 7.08. The summed E-state index contributed by atoms with van der Waals surface area (Å²) in [4.78, 5) is 17.1. The number of hydrogen-bond donors (Lipinski definition) is 0. The van der Waals surface area contributed by atoms with E-state index in [0.717, 1.165) is 51.1 Å². The Bertz CT molecular complexity index is 700. The van der Waals surface area contributed by atoms with E-state index >= 15 is 0 Å². The van der Waals surface area contributed by atoms with Gasteiger partial charge in [-0.05, 0) is 42.7 Å². The first-order valence-electron chi connectivity index (χ1n) is 8.65. The number of aromatic nitrogens is 2. The Kier molecular flexibility index (Phi) is 4.18. The zero-order chi connectivity index (χ0) is 16.6. The second kappa shape index (κ2) is 6.33. The van der Waals surface area contributed by atoms with Crippen LogP contribution in [-0.2, 0) is 13.6 Å². The molecule has 4 rings (SSSR count). The van der Waals surface area contributed by atoms with E-state index in [1.54, 1.807) is 11.3 Å². The molecule has 0 unspecified atom stereocenters. The Hall–Kier alpha value is -1.66. The van der Waals surface area contributed by atoms with Crippen LogP contribution in [-0.4, -0.2) is 51.7 Å². The lowest BCUT2D eigenvalue weighted by Crippen LogP contribution is -2.44. The largest absolute Gasteiger partial charge is 0.339 e. The van der Waals surface area contributed by atoms with Crippen molar-refractivity contribution < 1.29 is 4.79 Å². The molecule has 2 saturated heterocycles. The Morgan fingerprint density at radius 1 is 1.29 bits per heavy atom. The van der Waals surface area contributed by atoms with E-state index in [2.05, 4.69) is 16.2 Å². The summed E-state index contributed by atoms with van der Waals surface area (Å²) in [5.41, 5.74) is 2.55. The minimum Gasteiger partial charge on any atom is -0.339 e. The highest BCUT2D eigenvalue weighted by Gasteiger charge is 2.41. The lowest BCUT2D eigenvalue weighted by Gasteiger charge is -2.39. The smallest absolute Gasteiger partial charge is 0.254 e. The molecule has 2 aliphatic rings. The maximum atomic E-state index is 12.5. The summed E-state index contributed by atoms with van der Waals surface area (Å²) in [7, 11) is 1.97. The lowest BCUT2D eigenvalue weighted by atomic mass is 9.77. The van der Waals surface area contributed by atoms with E-state index in [-0.39, 0.29) is 5.91 Å². The third-order valence-corrected chi connectivity index (χ3v) is 6.24. The van der Waals surface area contributed by atoms with Gasteiger partial charge in [0.15, 0.2) is 0 Å². The quantitative estimate of drug-likeness (QED) is 0.859. The van der Waals surface area contributed by atoms with Gasteiger partial charge in [0.05, 0.1) is 11.8 Å². The van der Waals surface area contributed by atoms with E-state index in [4.69, 9.17) is 0 Å². The molecule has 0 saturated carbocycles. The second-order valence-electron chi connectivity index (χ2n) is 7.29. The zero-order valence-corrected chi connectivity index (χ0v) is 15.0. The van der Waals surface area contributed by atoms with Crippen LogP contribution in [0, 0.1) is 5.41 Å². The van der Waals surface area contributed by atoms with Crippen molar-refractivity contribution in [3.63, 3.8) is 0 Å². The number of hydrogen-bond acceptors (Lipinski definition) is 4. The topological polar surface area (TPSA) is 41.4 Å². The van der Waals surface area contributed by atoms with Crippen LogP contribution in [0.4, 0.5) is 0 Å². The molecule has 1 spiro atoms. The molecule has 5 nitrogen and oxygen atoms in total. The Balaban J connectivity index is 1.33. The molecular weight excluding hydrogens is 320 g/mol. The molecule has 0 bridgehead atoms. The van der Waals surface area contributed by atoms with Gasteiger partial charge in [-0.15, -0.1) is 0 Å². The second-order valence-corrected chi connectivity index (χ2v) is 8.07. The van der Waals surface area contributed by atoms with Gasteiger partial charge in [-0.3, -0.25) is 14.4 Å². The molecule has 0 N–H and O–H groups in total. The monoisotopic (exact) mass is 344 g/mol. The van der Waals surface area contributed by atoms with Gasteiger partial charge < -0.3 is 4.90 Å². The first kappa shape index (κ1) is 15.8. The summed E-state index contributed by atoms with van der Waals surface area (Å²) in [5.74, 6) is 0.205. The number of amides is 1. The van der Waals surface area contributed by atoms with Gasteiger partial charge in [-0.25, -0.2) is 0 Å². The van der Waals surface area contributed by atoms with Crippen molar-refractivity contribution >= 4 is 17.2 Å². The molecule has 0 atom stereocenters. The maximum Gasteiger partial charge on any atom is 0.254 e. The third kappa shape index (κ3) is 3.13. The normalized spacial score (nSPS) is 20.8. The predicted molar refractivity (Wildman–Crippen MR) is 95.0 cm³/mol. The Labute approximate surface area is 146 Å². The van der Waals surface area contributed by atoms with Crippen LogP contribution in [0.15, 0.2) is 29.2 Å². The number of aryl methyl sites for hydroxylation is 1. The maximum absolute atomic E-state index is 12.5. The molecule has 1 amide bonds. The average molecular weight is 344 g/mol. The van der Waals surface area contributed by atoms with Crippen molar-refractivity contribution in [1.82, 2.24) is 19.6 Å². The van der Waals surface area contributed by atoms with Crippen molar-refractivity contribution in [2.75, 3.05) is 26.2 Å². The van der Waals surface area contributed by atoms with Crippen LogP contribution < -0.4 is 0 Å². The summed E-state index contributed by atoms with van der Waals surface area (Å²) < 4.78 is 1.87. The van der Waals surface area contributed by atoms with Gasteiger partial charge in [0.1, 0.15) is 0 Å². The van der Waals surface area contributed by atoms with Crippen molar-refractivity contribution in [2.24, 2.45) is 12.5 Å². The van der Waals surface area contributed by atoms with E-state index < -0.39 is 0 Å².